The van der Waals surface area contributed by atoms with Crippen molar-refractivity contribution in [3.63, 3.8) is 0 Å². The van der Waals surface area contributed by atoms with Crippen LogP contribution in [0.3, 0.4) is 0 Å². The van der Waals surface area contributed by atoms with Crippen LogP contribution in [0, 0.1) is 5.82 Å². The molecule has 1 aliphatic heterocycles. The van der Waals surface area contributed by atoms with Crippen molar-refractivity contribution >= 4 is 17.7 Å². The van der Waals surface area contributed by atoms with Crippen LogP contribution in [0.5, 0.6) is 5.75 Å². The van der Waals surface area contributed by atoms with E-state index >= 15 is 0 Å². The molecule has 0 saturated carbocycles. The van der Waals surface area contributed by atoms with Gasteiger partial charge in [0.05, 0.1) is 13.2 Å². The lowest BCUT2D eigenvalue weighted by atomic mass is 10.2. The molecule has 0 amide bonds. The van der Waals surface area contributed by atoms with Crippen LogP contribution in [-0.2, 0) is 17.0 Å². The average Bonchev–Trinajstić information content (AvgIpc) is 3.39. The molecular weight excluding hydrogens is 387 g/mol. The zero-order valence-corrected chi connectivity index (χ0v) is 17.1. The van der Waals surface area contributed by atoms with Gasteiger partial charge in [-0.15, -0.1) is 0 Å². The molecular formula is C23H23FN2O2S. The van der Waals surface area contributed by atoms with Crippen LogP contribution in [0.1, 0.15) is 16.8 Å². The van der Waals surface area contributed by atoms with Gasteiger partial charge in [0.2, 0.25) is 5.90 Å². The van der Waals surface area contributed by atoms with E-state index in [1.54, 1.807) is 18.9 Å². The molecule has 3 aromatic rings. The summed E-state index contributed by atoms with van der Waals surface area (Å²) in [6.45, 7) is 1.35. The second kappa shape index (κ2) is 9.18. The fourth-order valence-corrected chi connectivity index (χ4v) is 4.20. The second-order valence-corrected chi connectivity index (χ2v) is 7.94. The lowest BCUT2D eigenvalue weighted by Crippen LogP contribution is -2.11. The Labute approximate surface area is 174 Å². The molecule has 2 aromatic carbocycles. The van der Waals surface area contributed by atoms with Gasteiger partial charge in [0.15, 0.2) is 0 Å². The summed E-state index contributed by atoms with van der Waals surface area (Å²) in [5.74, 6) is 3.08. The number of nitrogens with zero attached hydrogens (tertiary/aromatic N) is 2. The van der Waals surface area contributed by atoms with E-state index in [2.05, 4.69) is 16.7 Å². The first kappa shape index (κ1) is 19.6. The molecule has 1 atom stereocenters. The van der Waals surface area contributed by atoms with Crippen LogP contribution in [0.25, 0.3) is 0 Å². The second-order valence-electron chi connectivity index (χ2n) is 6.91. The molecule has 4 nitrogen and oxygen atoms in total. The summed E-state index contributed by atoms with van der Waals surface area (Å²) in [7, 11) is 1.67. The van der Waals surface area contributed by atoms with Crippen molar-refractivity contribution in [2.24, 2.45) is 4.99 Å². The van der Waals surface area contributed by atoms with E-state index in [1.165, 1.54) is 17.7 Å². The molecule has 29 heavy (non-hydrogen) atoms. The first-order valence-electron chi connectivity index (χ1n) is 9.52. The summed E-state index contributed by atoms with van der Waals surface area (Å²) in [5, 5.41) is 0. The standard InChI is InChI=1S/C23H23FN2O2S/c1-27-21-10-6-17(7-11-21)13-26-12-2-3-22(26)23-25-20(14-28-23)16-29-15-18-4-8-19(24)9-5-18/h2-12,20H,13-16H2,1H3/t20-/m1/s1. The third-order valence-electron chi connectivity index (χ3n) is 4.77. The number of hydrogen-bond acceptors (Lipinski definition) is 4. The third-order valence-corrected chi connectivity index (χ3v) is 5.92. The summed E-state index contributed by atoms with van der Waals surface area (Å²) in [6, 6.07) is 18.9. The highest BCUT2D eigenvalue weighted by atomic mass is 32.2. The van der Waals surface area contributed by atoms with E-state index in [4.69, 9.17) is 14.5 Å². The van der Waals surface area contributed by atoms with E-state index in [-0.39, 0.29) is 11.9 Å². The Morgan fingerprint density at radius 1 is 1.10 bits per heavy atom. The third kappa shape index (κ3) is 5.01. The summed E-state index contributed by atoms with van der Waals surface area (Å²) in [5.41, 5.74) is 3.30. The van der Waals surface area contributed by atoms with Gasteiger partial charge in [-0.3, -0.25) is 0 Å². The molecule has 0 saturated heterocycles. The maximum atomic E-state index is 13.0. The summed E-state index contributed by atoms with van der Waals surface area (Å²) in [6.07, 6.45) is 2.04. The molecule has 4 rings (SSSR count). The van der Waals surface area contributed by atoms with Gasteiger partial charge in [-0.05, 0) is 47.5 Å². The largest absolute Gasteiger partial charge is 0.497 e. The predicted molar refractivity (Wildman–Crippen MR) is 115 cm³/mol. The van der Waals surface area contributed by atoms with Crippen LogP contribution in [-0.4, -0.2) is 36.0 Å². The summed E-state index contributed by atoms with van der Waals surface area (Å²) < 4.78 is 26.2. The van der Waals surface area contributed by atoms with Crippen molar-refractivity contribution in [3.05, 3.63) is 89.5 Å². The highest BCUT2D eigenvalue weighted by Gasteiger charge is 2.22. The smallest absolute Gasteiger partial charge is 0.233 e. The fourth-order valence-electron chi connectivity index (χ4n) is 3.21. The summed E-state index contributed by atoms with van der Waals surface area (Å²) in [4.78, 5) is 4.78. The Kier molecular flexibility index (Phi) is 6.20. The first-order chi connectivity index (χ1) is 14.2. The number of halogens is 1. The van der Waals surface area contributed by atoms with E-state index in [1.807, 2.05) is 42.6 Å². The molecule has 0 aliphatic carbocycles. The number of methoxy groups -OCH3 is 1. The van der Waals surface area contributed by atoms with E-state index in [0.29, 0.717) is 12.5 Å². The predicted octanol–water partition coefficient (Wildman–Crippen LogP) is 4.76. The monoisotopic (exact) mass is 410 g/mol. The van der Waals surface area contributed by atoms with Gasteiger partial charge in [-0.1, -0.05) is 24.3 Å². The lowest BCUT2D eigenvalue weighted by Gasteiger charge is -2.09. The van der Waals surface area contributed by atoms with Crippen molar-refractivity contribution in [1.82, 2.24) is 4.57 Å². The number of thioether (sulfide) groups is 1. The molecule has 0 radical (unpaired) electrons. The van der Waals surface area contributed by atoms with Crippen LogP contribution in [0.2, 0.25) is 0 Å². The Morgan fingerprint density at radius 3 is 2.62 bits per heavy atom. The van der Waals surface area contributed by atoms with Crippen molar-refractivity contribution in [3.8, 4) is 5.75 Å². The van der Waals surface area contributed by atoms with Crippen LogP contribution in [0.15, 0.2) is 71.9 Å². The fraction of sp³-hybridized carbons (Fsp3) is 0.261. The van der Waals surface area contributed by atoms with Crippen molar-refractivity contribution < 1.29 is 13.9 Å². The Morgan fingerprint density at radius 2 is 1.86 bits per heavy atom. The van der Waals surface area contributed by atoms with E-state index < -0.39 is 0 Å². The van der Waals surface area contributed by atoms with Crippen LogP contribution >= 0.6 is 11.8 Å². The molecule has 1 aromatic heterocycles. The van der Waals surface area contributed by atoms with Crippen molar-refractivity contribution in [2.75, 3.05) is 19.5 Å². The maximum Gasteiger partial charge on any atom is 0.233 e. The minimum atomic E-state index is -0.199. The Bertz CT molecular complexity index is 967. The van der Waals surface area contributed by atoms with Crippen molar-refractivity contribution in [2.45, 2.75) is 18.3 Å². The zero-order chi connectivity index (χ0) is 20.1. The van der Waals surface area contributed by atoms with Crippen LogP contribution in [0.4, 0.5) is 4.39 Å². The van der Waals surface area contributed by atoms with E-state index in [9.17, 15) is 4.39 Å². The molecule has 0 N–H and O–H groups in total. The number of hydrogen-bond donors (Lipinski definition) is 0. The quantitative estimate of drug-likeness (QED) is 0.537. The number of rotatable bonds is 8. The molecule has 0 spiro atoms. The molecule has 1 aliphatic rings. The SMILES string of the molecule is COc1ccc(Cn2cccc2C2=N[C@@H](CSCc3ccc(F)cc3)CO2)cc1. The highest BCUT2D eigenvalue weighted by Crippen LogP contribution is 2.20. The Hall–Kier alpha value is -2.73. The number of aliphatic imine (C=N–C) groups is 1. The number of ether oxygens (including phenoxy) is 2. The number of benzene rings is 2. The van der Waals surface area contributed by atoms with Crippen LogP contribution < -0.4 is 4.74 Å². The lowest BCUT2D eigenvalue weighted by molar-refractivity contribution is 0.323. The van der Waals surface area contributed by atoms with Gasteiger partial charge >= 0.3 is 0 Å². The van der Waals surface area contributed by atoms with Gasteiger partial charge in [0.1, 0.15) is 23.9 Å². The van der Waals surface area contributed by atoms with Gasteiger partial charge in [0, 0.05) is 24.2 Å². The van der Waals surface area contributed by atoms with Gasteiger partial charge in [0.25, 0.3) is 0 Å². The van der Waals surface area contributed by atoms with Crippen molar-refractivity contribution in [1.29, 1.82) is 0 Å². The molecule has 150 valence electrons. The molecule has 0 unspecified atom stereocenters. The van der Waals surface area contributed by atoms with E-state index in [0.717, 1.165) is 35.1 Å². The molecule has 2 heterocycles. The first-order valence-corrected chi connectivity index (χ1v) is 10.7. The average molecular weight is 411 g/mol. The highest BCUT2D eigenvalue weighted by molar-refractivity contribution is 7.98. The summed E-state index contributed by atoms with van der Waals surface area (Å²) >= 11 is 1.79. The molecule has 6 heteroatoms. The number of aromatic nitrogens is 1. The zero-order valence-electron chi connectivity index (χ0n) is 16.3. The minimum Gasteiger partial charge on any atom is -0.497 e. The van der Waals surface area contributed by atoms with Gasteiger partial charge in [-0.25, -0.2) is 9.38 Å². The topological polar surface area (TPSA) is 35.8 Å². The minimum absolute atomic E-state index is 0.139. The maximum absolute atomic E-state index is 13.0. The molecule has 0 fully saturated rings. The Balaban J connectivity index is 1.35. The van der Waals surface area contributed by atoms with Gasteiger partial charge < -0.3 is 14.0 Å². The molecule has 0 bridgehead atoms. The normalized spacial score (nSPS) is 15.8. The van der Waals surface area contributed by atoms with Gasteiger partial charge in [-0.2, -0.15) is 11.8 Å².